The smallest absolute Gasteiger partial charge is 0.341 e. The molecular weight excluding hydrogens is 366 g/mol. The van der Waals surface area contributed by atoms with Crippen molar-refractivity contribution in [3.8, 4) is 0 Å². The number of ether oxygens (including phenoxy) is 1. The molecular formula is C19H23N3O2S2. The molecule has 2 aromatic heterocycles. The third-order valence-electron chi connectivity index (χ3n) is 4.68. The number of anilines is 1. The molecule has 2 atom stereocenters. The molecule has 0 unspecified atom stereocenters. The Labute approximate surface area is 163 Å². The van der Waals surface area contributed by atoms with E-state index in [9.17, 15) is 4.79 Å². The monoisotopic (exact) mass is 389 g/mol. The largest absolute Gasteiger partial charge is 0.465 e. The van der Waals surface area contributed by atoms with Crippen LogP contribution in [0.4, 0.5) is 5.00 Å². The van der Waals surface area contributed by atoms with Crippen LogP contribution in [0.3, 0.4) is 0 Å². The number of methoxy groups -OCH3 is 1. The molecule has 5 nitrogen and oxygen atoms in total. The molecule has 0 radical (unpaired) electrons. The maximum absolute atomic E-state index is 12.3. The fourth-order valence-electron chi connectivity index (χ4n) is 3.23. The van der Waals surface area contributed by atoms with Crippen molar-refractivity contribution in [1.29, 1.82) is 0 Å². The summed E-state index contributed by atoms with van der Waals surface area (Å²) >= 11 is 7.09. The zero-order chi connectivity index (χ0) is 18.7. The number of rotatable bonds is 4. The van der Waals surface area contributed by atoms with E-state index in [0.29, 0.717) is 16.6 Å². The molecule has 0 saturated carbocycles. The van der Waals surface area contributed by atoms with Gasteiger partial charge in [0.1, 0.15) is 5.00 Å². The molecule has 3 rings (SSSR count). The van der Waals surface area contributed by atoms with Crippen LogP contribution in [0.15, 0.2) is 24.5 Å². The van der Waals surface area contributed by atoms with Crippen LogP contribution in [0.5, 0.6) is 0 Å². The summed E-state index contributed by atoms with van der Waals surface area (Å²) in [5.41, 5.74) is 2.85. The molecule has 2 heterocycles. The second kappa shape index (κ2) is 8.14. The lowest BCUT2D eigenvalue weighted by Crippen LogP contribution is -2.31. The first kappa shape index (κ1) is 18.8. The van der Waals surface area contributed by atoms with E-state index >= 15 is 0 Å². The number of hydrogen-bond donors (Lipinski definition) is 2. The standard InChI is InChI=1S/C19H23N3O2S2/c1-11-4-5-14-15(10-11)26-17(16(14)18(23)24-3)22-19(25)21-12(2)13-6-8-20-9-7-13/h6-9,11-12H,4-5,10H2,1-3H3,(H2,21,22,25)/t11-,12+/m1/s1. The molecule has 1 aliphatic carbocycles. The van der Waals surface area contributed by atoms with Crippen molar-refractivity contribution < 1.29 is 9.53 Å². The van der Waals surface area contributed by atoms with Crippen LogP contribution in [0, 0.1) is 5.92 Å². The number of nitrogens with zero attached hydrogens (tertiary/aromatic N) is 1. The quantitative estimate of drug-likeness (QED) is 0.606. The van der Waals surface area contributed by atoms with Gasteiger partial charge in [0.25, 0.3) is 0 Å². The average molecular weight is 390 g/mol. The van der Waals surface area contributed by atoms with E-state index in [0.717, 1.165) is 35.4 Å². The lowest BCUT2D eigenvalue weighted by Gasteiger charge is -2.18. The number of thiocarbonyl (C=S) groups is 1. The van der Waals surface area contributed by atoms with E-state index < -0.39 is 0 Å². The van der Waals surface area contributed by atoms with Gasteiger partial charge in [-0.3, -0.25) is 4.98 Å². The van der Waals surface area contributed by atoms with Gasteiger partial charge < -0.3 is 15.4 Å². The molecule has 1 aliphatic rings. The average Bonchev–Trinajstić information content (AvgIpc) is 2.98. The number of hydrogen-bond acceptors (Lipinski definition) is 5. The highest BCUT2D eigenvalue weighted by Crippen LogP contribution is 2.40. The van der Waals surface area contributed by atoms with Crippen LogP contribution in [0.25, 0.3) is 0 Å². The van der Waals surface area contributed by atoms with Crippen LogP contribution >= 0.6 is 23.6 Å². The lowest BCUT2D eigenvalue weighted by atomic mass is 9.88. The van der Waals surface area contributed by atoms with Crippen molar-refractivity contribution in [2.24, 2.45) is 5.92 Å². The Morgan fingerprint density at radius 2 is 2.15 bits per heavy atom. The molecule has 2 aromatic rings. The molecule has 138 valence electrons. The minimum atomic E-state index is -0.301. The van der Waals surface area contributed by atoms with E-state index in [4.69, 9.17) is 17.0 Å². The van der Waals surface area contributed by atoms with Crippen molar-refractivity contribution in [3.05, 3.63) is 46.1 Å². The summed E-state index contributed by atoms with van der Waals surface area (Å²) in [5.74, 6) is 0.334. The Kier molecular flexibility index (Phi) is 5.88. The summed E-state index contributed by atoms with van der Waals surface area (Å²) in [6, 6.07) is 3.94. The minimum absolute atomic E-state index is 0.0363. The van der Waals surface area contributed by atoms with Crippen LogP contribution in [0.1, 0.15) is 52.7 Å². The SMILES string of the molecule is COC(=O)c1c(NC(=S)N[C@@H](C)c2ccncc2)sc2c1CC[C@@H](C)C2. The fraction of sp³-hybridized carbons (Fsp3) is 0.421. The number of thiophene rings is 1. The van der Waals surface area contributed by atoms with E-state index in [1.165, 1.54) is 12.0 Å². The molecule has 0 amide bonds. The zero-order valence-corrected chi connectivity index (χ0v) is 16.8. The number of esters is 1. The molecule has 0 fully saturated rings. The van der Waals surface area contributed by atoms with Gasteiger partial charge in [-0.1, -0.05) is 6.92 Å². The maximum Gasteiger partial charge on any atom is 0.341 e. The Hall–Kier alpha value is -1.99. The van der Waals surface area contributed by atoms with Gasteiger partial charge in [-0.05, 0) is 67.6 Å². The van der Waals surface area contributed by atoms with Gasteiger partial charge in [0.2, 0.25) is 0 Å². The lowest BCUT2D eigenvalue weighted by molar-refractivity contribution is 0.0601. The second-order valence-corrected chi connectivity index (χ2v) is 8.16. The van der Waals surface area contributed by atoms with Gasteiger partial charge in [-0.15, -0.1) is 11.3 Å². The van der Waals surface area contributed by atoms with Crippen LogP contribution in [-0.4, -0.2) is 23.2 Å². The molecule has 0 aromatic carbocycles. The highest BCUT2D eigenvalue weighted by Gasteiger charge is 2.28. The van der Waals surface area contributed by atoms with E-state index in [2.05, 4.69) is 22.5 Å². The summed E-state index contributed by atoms with van der Waals surface area (Å²) in [6.07, 6.45) is 6.52. The summed E-state index contributed by atoms with van der Waals surface area (Å²) in [5, 5.41) is 7.75. The normalized spacial score (nSPS) is 17.1. The highest BCUT2D eigenvalue weighted by atomic mass is 32.1. The molecule has 2 N–H and O–H groups in total. The van der Waals surface area contributed by atoms with Crippen LogP contribution in [-0.2, 0) is 17.6 Å². The zero-order valence-electron chi connectivity index (χ0n) is 15.2. The Bertz CT molecular complexity index is 805. The Balaban J connectivity index is 1.78. The first-order valence-electron chi connectivity index (χ1n) is 8.69. The van der Waals surface area contributed by atoms with Gasteiger partial charge in [-0.2, -0.15) is 0 Å². The topological polar surface area (TPSA) is 63.2 Å². The summed E-state index contributed by atoms with van der Waals surface area (Å²) in [4.78, 5) is 17.6. The van der Waals surface area contributed by atoms with Crippen molar-refractivity contribution in [1.82, 2.24) is 10.3 Å². The van der Waals surface area contributed by atoms with Crippen molar-refractivity contribution in [2.45, 2.75) is 39.2 Å². The second-order valence-electron chi connectivity index (χ2n) is 6.65. The number of carbonyl (C=O) groups excluding carboxylic acids is 1. The number of nitrogens with one attached hydrogen (secondary N) is 2. The summed E-state index contributed by atoms with van der Waals surface area (Å²) < 4.78 is 5.02. The number of fused-ring (bicyclic) bond motifs is 1. The van der Waals surface area contributed by atoms with Crippen molar-refractivity contribution in [2.75, 3.05) is 12.4 Å². The number of pyridine rings is 1. The molecule has 26 heavy (non-hydrogen) atoms. The third kappa shape index (κ3) is 4.04. The maximum atomic E-state index is 12.3. The number of carbonyl (C=O) groups is 1. The fourth-order valence-corrected chi connectivity index (χ4v) is 4.97. The van der Waals surface area contributed by atoms with Gasteiger partial charge in [0.05, 0.1) is 18.7 Å². The van der Waals surface area contributed by atoms with Crippen molar-refractivity contribution >= 4 is 39.6 Å². The Morgan fingerprint density at radius 1 is 1.42 bits per heavy atom. The van der Waals surface area contributed by atoms with Crippen LogP contribution < -0.4 is 10.6 Å². The summed E-state index contributed by atoms with van der Waals surface area (Å²) in [7, 11) is 1.42. The van der Waals surface area contributed by atoms with Gasteiger partial charge in [0.15, 0.2) is 5.11 Å². The van der Waals surface area contributed by atoms with E-state index in [-0.39, 0.29) is 12.0 Å². The number of aromatic nitrogens is 1. The third-order valence-corrected chi connectivity index (χ3v) is 6.07. The molecule has 0 aliphatic heterocycles. The first-order chi connectivity index (χ1) is 12.5. The molecule has 0 spiro atoms. The van der Waals surface area contributed by atoms with Gasteiger partial charge in [0, 0.05) is 17.3 Å². The van der Waals surface area contributed by atoms with Crippen LogP contribution in [0.2, 0.25) is 0 Å². The predicted molar refractivity (Wildman–Crippen MR) is 109 cm³/mol. The van der Waals surface area contributed by atoms with Gasteiger partial charge in [-0.25, -0.2) is 4.79 Å². The minimum Gasteiger partial charge on any atom is -0.465 e. The molecule has 0 bridgehead atoms. The molecule has 0 saturated heterocycles. The van der Waals surface area contributed by atoms with E-state index in [1.54, 1.807) is 23.7 Å². The van der Waals surface area contributed by atoms with Crippen molar-refractivity contribution in [3.63, 3.8) is 0 Å². The highest BCUT2D eigenvalue weighted by molar-refractivity contribution is 7.80. The summed E-state index contributed by atoms with van der Waals surface area (Å²) in [6.45, 7) is 4.28. The first-order valence-corrected chi connectivity index (χ1v) is 9.92. The predicted octanol–water partition coefficient (Wildman–Crippen LogP) is 4.10. The Morgan fingerprint density at radius 3 is 2.85 bits per heavy atom. The van der Waals surface area contributed by atoms with Gasteiger partial charge >= 0.3 is 5.97 Å². The molecule has 7 heteroatoms. The van der Waals surface area contributed by atoms with E-state index in [1.807, 2.05) is 19.1 Å².